The third kappa shape index (κ3) is 5.03. The van der Waals surface area contributed by atoms with Crippen molar-refractivity contribution in [3.05, 3.63) is 27.5 Å². The lowest BCUT2D eigenvalue weighted by molar-refractivity contribution is -0.133. The number of hydrogen-bond donors (Lipinski definition) is 1. The molecule has 2 atom stereocenters. The molecule has 0 aromatic carbocycles. The van der Waals surface area contributed by atoms with Crippen molar-refractivity contribution in [1.82, 2.24) is 4.90 Å². The summed E-state index contributed by atoms with van der Waals surface area (Å²) in [6.07, 6.45) is 6.57. The highest BCUT2D eigenvalue weighted by Crippen LogP contribution is 2.40. The molecule has 1 saturated heterocycles. The van der Waals surface area contributed by atoms with Crippen LogP contribution in [-0.4, -0.2) is 47.4 Å². The SMILES string of the molecule is CC1=CC[C@@H](C(=O)N(c2cc(C(C)(C)C)sc2C(=O)O)[C@H]2CCCCN(C)C2=O)CC1. The van der Waals surface area contributed by atoms with Crippen LogP contribution in [0.2, 0.25) is 0 Å². The number of carbonyl (C=O) groups excluding carboxylic acids is 2. The number of allylic oxidation sites excluding steroid dienone is 2. The average molecular weight is 447 g/mol. The molecular weight excluding hydrogens is 412 g/mol. The van der Waals surface area contributed by atoms with Gasteiger partial charge in [-0.2, -0.15) is 0 Å². The van der Waals surface area contributed by atoms with Gasteiger partial charge >= 0.3 is 5.97 Å². The number of anilines is 1. The maximum absolute atomic E-state index is 13.8. The number of hydrogen-bond acceptors (Lipinski definition) is 4. The molecule has 1 N–H and O–H groups in total. The first kappa shape index (κ1) is 23.5. The first-order valence-electron chi connectivity index (χ1n) is 11.1. The molecule has 170 valence electrons. The highest BCUT2D eigenvalue weighted by atomic mass is 32.1. The van der Waals surface area contributed by atoms with Crippen LogP contribution >= 0.6 is 11.3 Å². The number of likely N-dealkylation sites (N-methyl/N-ethyl adjacent to an activating group) is 1. The second kappa shape index (κ2) is 9.15. The van der Waals surface area contributed by atoms with Gasteiger partial charge in [-0.15, -0.1) is 11.3 Å². The zero-order chi connectivity index (χ0) is 22.9. The first-order valence-corrected chi connectivity index (χ1v) is 11.9. The van der Waals surface area contributed by atoms with Gasteiger partial charge in [0.2, 0.25) is 11.8 Å². The lowest BCUT2D eigenvalue weighted by atomic mass is 9.88. The highest BCUT2D eigenvalue weighted by molar-refractivity contribution is 7.14. The standard InChI is InChI=1S/C24H34N2O4S/c1-15-9-11-16(12-10-15)21(27)26(17-8-6-7-13-25(5)22(17)28)18-14-19(24(2,3)4)31-20(18)23(29)30/h9,14,16-17H,6-8,10-13H2,1-5H3,(H,29,30)/t16-,17+/m1/s1. The Hall–Kier alpha value is -2.15. The Labute approximate surface area is 188 Å². The number of carbonyl (C=O) groups is 3. The van der Waals surface area contributed by atoms with Crippen LogP contribution in [0.15, 0.2) is 17.7 Å². The zero-order valence-corrected chi connectivity index (χ0v) is 20.1. The molecule has 6 nitrogen and oxygen atoms in total. The summed E-state index contributed by atoms with van der Waals surface area (Å²) in [5.74, 6) is -1.52. The third-order valence-electron chi connectivity index (χ3n) is 6.32. The predicted molar refractivity (Wildman–Crippen MR) is 124 cm³/mol. The van der Waals surface area contributed by atoms with Gasteiger partial charge in [0, 0.05) is 24.4 Å². The van der Waals surface area contributed by atoms with Crippen molar-refractivity contribution < 1.29 is 19.5 Å². The summed E-state index contributed by atoms with van der Waals surface area (Å²) in [5.41, 5.74) is 1.40. The van der Waals surface area contributed by atoms with Crippen molar-refractivity contribution in [2.75, 3.05) is 18.5 Å². The lowest BCUT2D eigenvalue weighted by Crippen LogP contribution is -2.51. The van der Waals surface area contributed by atoms with Gasteiger partial charge in [0.1, 0.15) is 10.9 Å². The molecule has 1 aromatic heterocycles. The minimum absolute atomic E-state index is 0.103. The van der Waals surface area contributed by atoms with Crippen molar-refractivity contribution >= 4 is 34.8 Å². The highest BCUT2D eigenvalue weighted by Gasteiger charge is 2.40. The van der Waals surface area contributed by atoms with E-state index < -0.39 is 12.0 Å². The molecule has 31 heavy (non-hydrogen) atoms. The molecule has 1 aromatic rings. The Morgan fingerprint density at radius 1 is 1.23 bits per heavy atom. The van der Waals surface area contributed by atoms with Crippen LogP contribution in [0.4, 0.5) is 5.69 Å². The largest absolute Gasteiger partial charge is 0.477 e. The van der Waals surface area contributed by atoms with Gasteiger partial charge in [-0.05, 0) is 56.9 Å². The molecule has 1 aliphatic carbocycles. The topological polar surface area (TPSA) is 77.9 Å². The average Bonchev–Trinajstić information content (AvgIpc) is 3.08. The van der Waals surface area contributed by atoms with Crippen molar-refractivity contribution in [3.8, 4) is 0 Å². The second-order valence-electron chi connectivity index (χ2n) is 9.88. The van der Waals surface area contributed by atoms with Crippen LogP contribution in [-0.2, 0) is 15.0 Å². The summed E-state index contributed by atoms with van der Waals surface area (Å²) in [5, 5.41) is 9.96. The molecular formula is C24H34N2O4S. The molecule has 0 spiro atoms. The number of nitrogens with zero attached hydrogens (tertiary/aromatic N) is 2. The van der Waals surface area contributed by atoms with E-state index in [9.17, 15) is 19.5 Å². The molecule has 1 fully saturated rings. The van der Waals surface area contributed by atoms with Crippen molar-refractivity contribution in [2.45, 2.75) is 77.7 Å². The van der Waals surface area contributed by atoms with E-state index in [4.69, 9.17) is 0 Å². The second-order valence-corrected chi connectivity index (χ2v) is 10.9. The van der Waals surface area contributed by atoms with Crippen LogP contribution in [0.25, 0.3) is 0 Å². The summed E-state index contributed by atoms with van der Waals surface area (Å²) < 4.78 is 0. The Morgan fingerprint density at radius 3 is 2.52 bits per heavy atom. The van der Waals surface area contributed by atoms with E-state index >= 15 is 0 Å². The van der Waals surface area contributed by atoms with Crippen LogP contribution in [0.5, 0.6) is 0 Å². The van der Waals surface area contributed by atoms with Gasteiger partial charge in [0.05, 0.1) is 5.69 Å². The fraction of sp³-hybridized carbons (Fsp3) is 0.625. The van der Waals surface area contributed by atoms with Crippen molar-refractivity contribution in [1.29, 1.82) is 0 Å². The van der Waals surface area contributed by atoms with E-state index in [1.807, 2.05) is 26.8 Å². The van der Waals surface area contributed by atoms with Gasteiger partial charge in [-0.25, -0.2) is 4.79 Å². The van der Waals surface area contributed by atoms with E-state index in [0.29, 0.717) is 25.1 Å². The summed E-state index contributed by atoms with van der Waals surface area (Å²) in [6.45, 7) is 8.81. The minimum atomic E-state index is -1.05. The smallest absolute Gasteiger partial charge is 0.348 e. The molecule has 0 unspecified atom stereocenters. The van der Waals surface area contributed by atoms with E-state index in [-0.39, 0.29) is 28.0 Å². The van der Waals surface area contributed by atoms with Crippen LogP contribution in [0, 0.1) is 5.92 Å². The van der Waals surface area contributed by atoms with Crippen molar-refractivity contribution in [2.24, 2.45) is 5.92 Å². The van der Waals surface area contributed by atoms with Gasteiger partial charge in [-0.3, -0.25) is 14.5 Å². The molecule has 0 radical (unpaired) electrons. The normalized spacial score (nSPS) is 22.7. The maximum atomic E-state index is 13.8. The molecule has 0 saturated carbocycles. The molecule has 2 heterocycles. The quantitative estimate of drug-likeness (QED) is 0.672. The zero-order valence-electron chi connectivity index (χ0n) is 19.2. The van der Waals surface area contributed by atoms with Crippen LogP contribution in [0.3, 0.4) is 0 Å². The number of amides is 2. The summed E-state index contributed by atoms with van der Waals surface area (Å²) >= 11 is 1.21. The molecule has 2 aliphatic rings. The predicted octanol–water partition coefficient (Wildman–Crippen LogP) is 4.83. The number of carboxylic acid groups (broad SMARTS) is 1. The minimum Gasteiger partial charge on any atom is -0.477 e. The van der Waals surface area contributed by atoms with E-state index in [2.05, 4.69) is 13.0 Å². The van der Waals surface area contributed by atoms with Gasteiger partial charge in [-0.1, -0.05) is 32.4 Å². The molecule has 7 heteroatoms. The fourth-order valence-electron chi connectivity index (χ4n) is 4.32. The van der Waals surface area contributed by atoms with Crippen molar-refractivity contribution in [3.63, 3.8) is 0 Å². The van der Waals surface area contributed by atoms with Gasteiger partial charge in [0.15, 0.2) is 0 Å². The summed E-state index contributed by atoms with van der Waals surface area (Å²) in [7, 11) is 1.77. The van der Waals surface area contributed by atoms with Gasteiger partial charge in [0.25, 0.3) is 0 Å². The Morgan fingerprint density at radius 2 is 1.94 bits per heavy atom. The number of rotatable bonds is 4. The lowest BCUT2D eigenvalue weighted by Gasteiger charge is -2.35. The Kier molecular flexibility index (Phi) is 6.94. The van der Waals surface area contributed by atoms with Crippen LogP contribution in [0.1, 0.15) is 80.8 Å². The number of carboxylic acids is 1. The molecule has 0 bridgehead atoms. The Bertz CT molecular complexity index is 896. The Balaban J connectivity index is 2.12. The number of likely N-dealkylation sites (tertiary alicyclic amines) is 1. The molecule has 3 rings (SSSR count). The molecule has 1 aliphatic heterocycles. The summed E-state index contributed by atoms with van der Waals surface area (Å²) in [4.78, 5) is 43.5. The maximum Gasteiger partial charge on any atom is 0.348 e. The van der Waals surface area contributed by atoms with E-state index in [0.717, 1.165) is 30.6 Å². The molecule has 2 amide bonds. The van der Waals surface area contributed by atoms with E-state index in [1.165, 1.54) is 16.9 Å². The number of thiophene rings is 1. The number of aromatic carboxylic acids is 1. The summed E-state index contributed by atoms with van der Waals surface area (Å²) in [6, 6.07) is 1.17. The van der Waals surface area contributed by atoms with Gasteiger partial charge < -0.3 is 10.0 Å². The fourth-order valence-corrected chi connectivity index (χ4v) is 5.37. The van der Waals surface area contributed by atoms with E-state index in [1.54, 1.807) is 16.8 Å². The van der Waals surface area contributed by atoms with Crippen LogP contribution < -0.4 is 4.90 Å². The third-order valence-corrected chi connectivity index (χ3v) is 7.86. The first-order chi connectivity index (χ1) is 14.5. The monoisotopic (exact) mass is 446 g/mol.